The van der Waals surface area contributed by atoms with Crippen molar-refractivity contribution in [1.82, 2.24) is 14.8 Å². The maximum atomic E-state index is 10.6. The largest absolute Gasteiger partial charge is 0.490 e. The van der Waals surface area contributed by atoms with E-state index in [1.54, 1.807) is 13.3 Å². The number of carboxylic acid groups (broad SMARTS) is 3. The van der Waals surface area contributed by atoms with Gasteiger partial charge in [-0.15, -0.1) is 0 Å². The Hall–Kier alpha value is -3.43. The summed E-state index contributed by atoms with van der Waals surface area (Å²) in [6, 6.07) is 4.64. The molecule has 0 aromatic carbocycles. The molecule has 1 aromatic rings. The number of aliphatic carboxylic acids is 3. The summed E-state index contributed by atoms with van der Waals surface area (Å²) < 4.78 is 112. The Morgan fingerprint density at radius 1 is 0.867 bits per heavy atom. The van der Waals surface area contributed by atoms with Crippen LogP contribution in [0.1, 0.15) is 5.56 Å². The van der Waals surface area contributed by atoms with E-state index >= 15 is 0 Å². The molecular weight excluding hydrogens is 645 g/mol. The first kappa shape index (κ1) is 39.6. The van der Waals surface area contributed by atoms with Gasteiger partial charge in [0.1, 0.15) is 0 Å². The second-order valence-corrected chi connectivity index (χ2v) is 9.45. The summed E-state index contributed by atoms with van der Waals surface area (Å²) in [4.78, 5) is 36.1. The average molecular weight is 675 g/mol. The van der Waals surface area contributed by atoms with E-state index in [9.17, 15) is 39.5 Å². The number of rotatable bonds is 4. The van der Waals surface area contributed by atoms with E-state index in [1.165, 1.54) is 5.56 Å². The van der Waals surface area contributed by atoms with Crippen molar-refractivity contribution in [3.63, 3.8) is 0 Å². The molecule has 3 atom stereocenters. The van der Waals surface area contributed by atoms with Gasteiger partial charge >= 0.3 is 36.4 Å². The van der Waals surface area contributed by atoms with Crippen LogP contribution in [0.25, 0.3) is 0 Å². The van der Waals surface area contributed by atoms with Gasteiger partial charge in [-0.1, -0.05) is 6.07 Å². The molecule has 258 valence electrons. The van der Waals surface area contributed by atoms with E-state index in [1.807, 2.05) is 6.07 Å². The summed E-state index contributed by atoms with van der Waals surface area (Å²) in [5.41, 5.74) is 1.17. The number of aromatic nitrogens is 1. The Bertz CT molecular complexity index is 1040. The van der Waals surface area contributed by atoms with Gasteiger partial charge in [0.25, 0.3) is 0 Å². The van der Waals surface area contributed by atoms with Gasteiger partial charge in [-0.25, -0.2) is 19.4 Å². The molecule has 3 fully saturated rings. The lowest BCUT2D eigenvalue weighted by molar-refractivity contribution is -0.193. The highest BCUT2D eigenvalue weighted by atomic mass is 19.4. The normalized spacial score (nSPS) is 22.2. The molecule has 45 heavy (non-hydrogen) atoms. The first-order valence-electron chi connectivity index (χ1n) is 12.7. The SMILES string of the molecule is COc1ncccc1CN1C[C@@H]2COC[C@@H](N3CCOCC3)[C@@H]2C1.O=C(O)C(F)(F)F.O=C(O)C(F)(F)F.O=C(O)C(F)(F)F. The van der Waals surface area contributed by atoms with Crippen LogP contribution in [-0.4, -0.2) is 132 Å². The number of carboxylic acids is 3. The zero-order valence-electron chi connectivity index (χ0n) is 23.4. The number of morpholine rings is 1. The van der Waals surface area contributed by atoms with Gasteiger partial charge in [-0.2, -0.15) is 39.5 Å². The maximum absolute atomic E-state index is 10.6. The highest BCUT2D eigenvalue weighted by Crippen LogP contribution is 2.34. The van der Waals surface area contributed by atoms with Crippen molar-refractivity contribution >= 4 is 17.9 Å². The van der Waals surface area contributed by atoms with Crippen LogP contribution in [0.5, 0.6) is 5.88 Å². The highest BCUT2D eigenvalue weighted by Gasteiger charge is 2.43. The molecule has 0 saturated carbocycles. The minimum atomic E-state index is -5.08. The Balaban J connectivity index is 0.000000396. The van der Waals surface area contributed by atoms with Crippen LogP contribution >= 0.6 is 0 Å². The minimum Gasteiger partial charge on any atom is -0.481 e. The van der Waals surface area contributed by atoms with E-state index in [-0.39, 0.29) is 0 Å². The van der Waals surface area contributed by atoms with Gasteiger partial charge in [-0.05, 0) is 12.0 Å². The van der Waals surface area contributed by atoms with E-state index in [0.29, 0.717) is 17.9 Å². The second kappa shape index (κ2) is 17.3. The van der Waals surface area contributed by atoms with Crippen LogP contribution in [-0.2, 0) is 30.4 Å². The molecule has 1 aromatic heterocycles. The van der Waals surface area contributed by atoms with Crippen molar-refractivity contribution < 1.29 is 83.4 Å². The molecule has 21 heteroatoms. The van der Waals surface area contributed by atoms with Crippen LogP contribution in [0.4, 0.5) is 39.5 Å². The monoisotopic (exact) mass is 675 g/mol. The molecule has 0 unspecified atom stereocenters. The lowest BCUT2D eigenvalue weighted by Crippen LogP contribution is -2.53. The third-order valence-electron chi connectivity index (χ3n) is 6.36. The quantitative estimate of drug-likeness (QED) is 0.402. The fourth-order valence-electron chi connectivity index (χ4n) is 4.45. The molecule has 12 nitrogen and oxygen atoms in total. The van der Waals surface area contributed by atoms with Crippen LogP contribution < -0.4 is 4.74 Å². The molecule has 0 aliphatic carbocycles. The van der Waals surface area contributed by atoms with Gasteiger partial charge in [0.15, 0.2) is 0 Å². The Labute approximate surface area is 249 Å². The number of nitrogens with zero attached hydrogens (tertiary/aromatic N) is 3. The molecule has 0 spiro atoms. The number of pyridine rings is 1. The fraction of sp³-hybridized carbons (Fsp3) is 0.667. The smallest absolute Gasteiger partial charge is 0.481 e. The average Bonchev–Trinajstić information content (AvgIpc) is 3.36. The van der Waals surface area contributed by atoms with E-state index in [2.05, 4.69) is 20.9 Å². The standard InChI is InChI=1S/C18H27N3O3.3C2HF3O2/c1-22-18-14(3-2-4-19-18)9-20-10-15-12-24-13-17(16(15)11-20)21-5-7-23-8-6-21;3*3-2(4,5)1(6)7/h2-4,15-17H,5-13H2,1H3;3*(H,6,7)/t15-,16-,17-;;;/m1.../s1. The molecule has 0 amide bonds. The second-order valence-electron chi connectivity index (χ2n) is 9.45. The molecular formula is C24H30F9N3O9. The van der Waals surface area contributed by atoms with Crippen molar-refractivity contribution in [3.8, 4) is 5.88 Å². The van der Waals surface area contributed by atoms with E-state index < -0.39 is 36.4 Å². The van der Waals surface area contributed by atoms with Crippen LogP contribution in [0.15, 0.2) is 18.3 Å². The summed E-state index contributed by atoms with van der Waals surface area (Å²) >= 11 is 0. The summed E-state index contributed by atoms with van der Waals surface area (Å²) in [6.07, 6.45) is -13.5. The Morgan fingerprint density at radius 3 is 1.80 bits per heavy atom. The molecule has 3 saturated heterocycles. The fourth-order valence-corrected chi connectivity index (χ4v) is 4.45. The van der Waals surface area contributed by atoms with Gasteiger partial charge in [0.2, 0.25) is 5.88 Å². The van der Waals surface area contributed by atoms with Gasteiger partial charge in [0.05, 0.1) is 33.5 Å². The van der Waals surface area contributed by atoms with Crippen molar-refractivity contribution in [1.29, 1.82) is 0 Å². The van der Waals surface area contributed by atoms with E-state index in [0.717, 1.165) is 65.0 Å². The number of fused-ring (bicyclic) bond motifs is 1. The third kappa shape index (κ3) is 14.0. The first-order chi connectivity index (χ1) is 20.7. The predicted octanol–water partition coefficient (Wildman–Crippen LogP) is 2.77. The number of hydrogen-bond donors (Lipinski definition) is 3. The maximum Gasteiger partial charge on any atom is 0.490 e. The molecule has 3 N–H and O–H groups in total. The number of hydrogen-bond acceptors (Lipinski definition) is 9. The van der Waals surface area contributed by atoms with Crippen molar-refractivity contribution in [2.24, 2.45) is 11.8 Å². The van der Waals surface area contributed by atoms with Crippen LogP contribution in [0.3, 0.4) is 0 Å². The molecule has 4 rings (SSSR count). The number of alkyl halides is 9. The molecule has 4 heterocycles. The highest BCUT2D eigenvalue weighted by molar-refractivity contribution is 5.73. The van der Waals surface area contributed by atoms with Crippen LogP contribution in [0.2, 0.25) is 0 Å². The number of halogens is 9. The minimum absolute atomic E-state index is 0.536. The summed E-state index contributed by atoms with van der Waals surface area (Å²) in [5, 5.41) is 21.4. The van der Waals surface area contributed by atoms with Gasteiger partial charge in [-0.3, -0.25) is 9.80 Å². The Kier molecular flexibility index (Phi) is 15.2. The number of methoxy groups -OCH3 is 1. The molecule has 3 aliphatic heterocycles. The predicted molar refractivity (Wildman–Crippen MR) is 131 cm³/mol. The van der Waals surface area contributed by atoms with Gasteiger partial charge < -0.3 is 29.5 Å². The first-order valence-corrected chi connectivity index (χ1v) is 12.7. The number of ether oxygens (including phenoxy) is 3. The van der Waals surface area contributed by atoms with Crippen molar-refractivity contribution in [3.05, 3.63) is 23.9 Å². The zero-order chi connectivity index (χ0) is 34.6. The zero-order valence-corrected chi connectivity index (χ0v) is 23.4. The van der Waals surface area contributed by atoms with Crippen LogP contribution in [0, 0.1) is 11.8 Å². The summed E-state index contributed by atoms with van der Waals surface area (Å²) in [6.45, 7) is 8.67. The van der Waals surface area contributed by atoms with E-state index in [4.69, 9.17) is 43.9 Å². The summed E-state index contributed by atoms with van der Waals surface area (Å²) in [7, 11) is 1.69. The molecule has 0 radical (unpaired) electrons. The Morgan fingerprint density at radius 2 is 1.36 bits per heavy atom. The van der Waals surface area contributed by atoms with Crippen molar-refractivity contribution in [2.75, 3.05) is 59.7 Å². The lowest BCUT2D eigenvalue weighted by Gasteiger charge is -2.42. The molecule has 3 aliphatic rings. The third-order valence-corrected chi connectivity index (χ3v) is 6.36. The topological polar surface area (TPSA) is 159 Å². The number of carbonyl (C=O) groups is 3. The molecule has 0 bridgehead atoms. The number of likely N-dealkylation sites (tertiary alicyclic amines) is 1. The summed E-state index contributed by atoms with van der Waals surface area (Å²) in [5.74, 6) is -6.20. The van der Waals surface area contributed by atoms with Gasteiger partial charge in [0, 0.05) is 56.4 Å². The van der Waals surface area contributed by atoms with Crippen molar-refractivity contribution in [2.45, 2.75) is 31.1 Å². The lowest BCUT2D eigenvalue weighted by atomic mass is 9.86.